The Bertz CT molecular complexity index is 274. The summed E-state index contributed by atoms with van der Waals surface area (Å²) in [5.41, 5.74) is 0.475. The van der Waals surface area contributed by atoms with Crippen molar-refractivity contribution >= 4 is 0 Å². The van der Waals surface area contributed by atoms with Crippen molar-refractivity contribution in [3.63, 3.8) is 0 Å². The van der Waals surface area contributed by atoms with Crippen LogP contribution in [0.2, 0.25) is 0 Å². The molecule has 1 nitrogen and oxygen atoms in total. The summed E-state index contributed by atoms with van der Waals surface area (Å²) in [7, 11) is 0. The molecule has 0 heterocycles. The molecule has 1 rings (SSSR count). The number of halogens is 2. The van der Waals surface area contributed by atoms with E-state index in [0.717, 1.165) is 6.07 Å². The highest BCUT2D eigenvalue weighted by Crippen LogP contribution is 2.10. The van der Waals surface area contributed by atoms with E-state index in [0.29, 0.717) is 18.6 Å². The molecular weight excluding hydrogens is 174 g/mol. The van der Waals surface area contributed by atoms with E-state index in [1.165, 1.54) is 12.1 Å². The highest BCUT2D eigenvalue weighted by Gasteiger charge is 2.02. The van der Waals surface area contributed by atoms with Crippen LogP contribution in [0.25, 0.3) is 0 Å². The molecule has 0 unspecified atom stereocenters. The Morgan fingerprint density at radius 2 is 2.15 bits per heavy atom. The molecule has 1 aromatic carbocycles. The fourth-order valence-corrected chi connectivity index (χ4v) is 1.01. The minimum atomic E-state index is -0.552. The third kappa shape index (κ3) is 3.11. The molecule has 1 radical (unpaired) electrons. The lowest BCUT2D eigenvalue weighted by Gasteiger charge is -2.02. The van der Waals surface area contributed by atoms with Crippen LogP contribution in [0.3, 0.4) is 0 Å². The van der Waals surface area contributed by atoms with Gasteiger partial charge in [0.25, 0.3) is 0 Å². The van der Waals surface area contributed by atoms with E-state index < -0.39 is 11.6 Å². The lowest BCUT2D eigenvalue weighted by atomic mass is 10.1. The number of hydrogen-bond acceptors (Lipinski definition) is 1. The first-order valence-electron chi connectivity index (χ1n) is 4.07. The molecule has 0 aliphatic heterocycles. The van der Waals surface area contributed by atoms with Gasteiger partial charge in [0.1, 0.15) is 11.6 Å². The molecule has 0 amide bonds. The maximum atomic E-state index is 13.0. The summed E-state index contributed by atoms with van der Waals surface area (Å²) in [6, 6.07) is 3.56. The lowest BCUT2D eigenvalue weighted by Crippen LogP contribution is -1.98. The molecule has 0 bridgehead atoms. The van der Waals surface area contributed by atoms with Crippen molar-refractivity contribution in [2.24, 2.45) is 0 Å². The number of hydrogen-bond donors (Lipinski definition) is 0. The monoisotopic (exact) mass is 185 g/mol. The predicted octanol–water partition coefficient (Wildman–Crippen LogP) is 2.71. The Morgan fingerprint density at radius 1 is 1.38 bits per heavy atom. The van der Waals surface area contributed by atoms with Gasteiger partial charge >= 0.3 is 0 Å². The Balaban J connectivity index is 2.56. The molecule has 0 fully saturated rings. The zero-order valence-corrected chi connectivity index (χ0v) is 7.39. The second-order valence-electron chi connectivity index (χ2n) is 2.59. The van der Waals surface area contributed by atoms with Gasteiger partial charge in [-0.1, -0.05) is 6.07 Å². The van der Waals surface area contributed by atoms with Crippen molar-refractivity contribution in [2.45, 2.75) is 13.3 Å². The molecule has 1 aromatic rings. The third-order valence-electron chi connectivity index (χ3n) is 1.67. The Morgan fingerprint density at radius 3 is 2.77 bits per heavy atom. The molecule has 0 N–H and O–H groups in total. The van der Waals surface area contributed by atoms with Gasteiger partial charge in [-0.15, -0.1) is 0 Å². The van der Waals surface area contributed by atoms with Crippen molar-refractivity contribution in [3.8, 4) is 0 Å². The van der Waals surface area contributed by atoms with Crippen LogP contribution >= 0.6 is 0 Å². The van der Waals surface area contributed by atoms with Gasteiger partial charge in [-0.2, -0.15) is 0 Å². The smallest absolute Gasteiger partial charge is 0.129 e. The average Bonchev–Trinajstić information content (AvgIpc) is 2.09. The summed E-state index contributed by atoms with van der Waals surface area (Å²) in [5.74, 6) is -1.07. The summed E-state index contributed by atoms with van der Waals surface area (Å²) in [4.78, 5) is 0. The van der Waals surface area contributed by atoms with Crippen LogP contribution in [0.4, 0.5) is 8.78 Å². The Hall–Kier alpha value is -0.960. The summed E-state index contributed by atoms with van der Waals surface area (Å²) >= 11 is 0. The number of ether oxygens (including phenoxy) is 1. The van der Waals surface area contributed by atoms with Gasteiger partial charge in [-0.3, -0.25) is 0 Å². The molecule has 3 heteroatoms. The summed E-state index contributed by atoms with van der Waals surface area (Å²) in [5, 5.41) is 0. The molecular formula is C10H11F2O. The second kappa shape index (κ2) is 4.92. The highest BCUT2D eigenvalue weighted by molar-refractivity contribution is 5.18. The molecule has 0 spiro atoms. The average molecular weight is 185 g/mol. The minimum absolute atomic E-state index is 0.416. The summed E-state index contributed by atoms with van der Waals surface area (Å²) in [6.07, 6.45) is 0.455. The van der Waals surface area contributed by atoms with E-state index in [4.69, 9.17) is 4.74 Å². The zero-order chi connectivity index (χ0) is 9.68. The van der Waals surface area contributed by atoms with Crippen LogP contribution in [-0.2, 0) is 11.2 Å². The maximum absolute atomic E-state index is 13.0. The first-order valence-corrected chi connectivity index (χ1v) is 4.07. The quantitative estimate of drug-likeness (QED) is 0.655. The SMILES string of the molecule is C[CH]OCCc1ccc(F)cc1F. The molecule has 0 aliphatic rings. The van der Waals surface area contributed by atoms with Gasteiger partial charge in [-0.25, -0.2) is 8.78 Å². The first-order chi connectivity index (χ1) is 6.24. The molecule has 0 saturated carbocycles. The van der Waals surface area contributed by atoms with E-state index in [1.54, 1.807) is 13.5 Å². The number of rotatable bonds is 4. The summed E-state index contributed by atoms with van der Waals surface area (Å²) in [6.45, 7) is 3.71. The third-order valence-corrected chi connectivity index (χ3v) is 1.67. The van der Waals surface area contributed by atoms with Gasteiger partial charge in [-0.05, 0) is 25.0 Å². The minimum Gasteiger partial charge on any atom is -0.375 e. The van der Waals surface area contributed by atoms with Gasteiger partial charge in [0.05, 0.1) is 13.2 Å². The molecule has 0 saturated heterocycles. The molecule has 71 valence electrons. The predicted molar refractivity (Wildman–Crippen MR) is 46.0 cm³/mol. The van der Waals surface area contributed by atoms with Gasteiger partial charge < -0.3 is 4.74 Å². The standard InChI is InChI=1S/C10H11F2O/c1-2-13-6-5-8-3-4-9(11)7-10(8)12/h2-4,7H,5-6H2,1H3. The van der Waals surface area contributed by atoms with Crippen LogP contribution in [-0.4, -0.2) is 6.61 Å². The fraction of sp³-hybridized carbons (Fsp3) is 0.300. The van der Waals surface area contributed by atoms with Gasteiger partial charge in [0.15, 0.2) is 0 Å². The Labute approximate surface area is 76.3 Å². The zero-order valence-electron chi connectivity index (χ0n) is 7.39. The summed E-state index contributed by atoms with van der Waals surface area (Å²) < 4.78 is 30.4. The van der Waals surface area contributed by atoms with E-state index in [9.17, 15) is 8.78 Å². The van der Waals surface area contributed by atoms with Gasteiger partial charge in [0.2, 0.25) is 0 Å². The van der Waals surface area contributed by atoms with Crippen molar-refractivity contribution in [2.75, 3.05) is 6.61 Å². The van der Waals surface area contributed by atoms with E-state index >= 15 is 0 Å². The molecule has 0 aromatic heterocycles. The van der Waals surface area contributed by atoms with E-state index in [2.05, 4.69) is 0 Å². The van der Waals surface area contributed by atoms with Gasteiger partial charge in [0, 0.05) is 6.07 Å². The largest absolute Gasteiger partial charge is 0.375 e. The molecule has 0 aliphatic carbocycles. The van der Waals surface area contributed by atoms with Crippen molar-refractivity contribution in [3.05, 3.63) is 42.0 Å². The van der Waals surface area contributed by atoms with E-state index in [-0.39, 0.29) is 0 Å². The Kier molecular flexibility index (Phi) is 3.83. The molecule has 13 heavy (non-hydrogen) atoms. The normalized spacial score (nSPS) is 10.4. The van der Waals surface area contributed by atoms with Crippen LogP contribution in [0.5, 0.6) is 0 Å². The lowest BCUT2D eigenvalue weighted by molar-refractivity contribution is 0.207. The fourth-order valence-electron chi connectivity index (χ4n) is 1.01. The van der Waals surface area contributed by atoms with Crippen molar-refractivity contribution < 1.29 is 13.5 Å². The van der Waals surface area contributed by atoms with E-state index in [1.807, 2.05) is 0 Å². The highest BCUT2D eigenvalue weighted by atomic mass is 19.1. The van der Waals surface area contributed by atoms with Crippen LogP contribution in [0.15, 0.2) is 18.2 Å². The van der Waals surface area contributed by atoms with Crippen molar-refractivity contribution in [1.29, 1.82) is 0 Å². The maximum Gasteiger partial charge on any atom is 0.129 e. The van der Waals surface area contributed by atoms with Crippen LogP contribution in [0, 0.1) is 18.2 Å². The van der Waals surface area contributed by atoms with Crippen LogP contribution in [0.1, 0.15) is 12.5 Å². The molecule has 0 atom stereocenters. The first kappa shape index (κ1) is 10.1. The topological polar surface area (TPSA) is 9.23 Å². The second-order valence-corrected chi connectivity index (χ2v) is 2.59. The van der Waals surface area contributed by atoms with Crippen LogP contribution < -0.4 is 0 Å². The number of benzene rings is 1. The van der Waals surface area contributed by atoms with Crippen molar-refractivity contribution in [1.82, 2.24) is 0 Å².